The summed E-state index contributed by atoms with van der Waals surface area (Å²) in [6.45, 7) is -2.22. The Morgan fingerprint density at radius 1 is 1.21 bits per heavy atom. The molecule has 3 N–H and O–H groups in total. The maximum Gasteiger partial charge on any atom is 0.319 e. The number of hydrogen-bond acceptors (Lipinski definition) is 3. The molecule has 1 heterocycles. The number of aliphatic hydroxyl groups excluding tert-OH is 1. The van der Waals surface area contributed by atoms with Gasteiger partial charge in [-0.15, -0.1) is 0 Å². The van der Waals surface area contributed by atoms with Gasteiger partial charge in [-0.05, 0) is 29.7 Å². The van der Waals surface area contributed by atoms with Gasteiger partial charge in [0.25, 0.3) is 0 Å². The lowest BCUT2D eigenvalue weighted by Gasteiger charge is -2.39. The quantitative estimate of drug-likeness (QED) is 0.727. The number of carbonyl (C=O) groups excluding carboxylic acids is 1. The van der Waals surface area contributed by atoms with Crippen molar-refractivity contribution in [2.75, 3.05) is 18.7 Å². The number of rotatable bonds is 4. The van der Waals surface area contributed by atoms with Crippen LogP contribution in [-0.2, 0) is 12.8 Å². The van der Waals surface area contributed by atoms with Crippen molar-refractivity contribution in [2.24, 2.45) is 0 Å². The fourth-order valence-corrected chi connectivity index (χ4v) is 4.03. The van der Waals surface area contributed by atoms with Gasteiger partial charge in [0.05, 0.1) is 12.1 Å². The first-order chi connectivity index (χ1) is 13.9. The molecule has 2 amide bonds. The van der Waals surface area contributed by atoms with E-state index in [1.807, 2.05) is 6.07 Å². The Bertz CT molecular complexity index is 933. The lowest BCUT2D eigenvalue weighted by atomic mass is 9.88. The number of fused-ring (bicyclic) bond motifs is 2. The number of aliphatic hydroxyl groups is 1. The molecular weight excluding hydrogens is 385 g/mol. The molecule has 0 radical (unpaired) electrons. The highest BCUT2D eigenvalue weighted by atomic mass is 19.1. The highest BCUT2D eigenvalue weighted by Gasteiger charge is 2.42. The summed E-state index contributed by atoms with van der Waals surface area (Å²) in [4.78, 5) is 12.6. The van der Waals surface area contributed by atoms with Gasteiger partial charge in [0, 0.05) is 30.2 Å². The first-order valence-electron chi connectivity index (χ1n) is 9.40. The van der Waals surface area contributed by atoms with Crippen molar-refractivity contribution >= 4 is 11.7 Å². The third kappa shape index (κ3) is 3.76. The molecule has 5 nitrogen and oxygen atoms in total. The fraction of sp³-hybridized carbons (Fsp3) is 0.381. The normalized spacial score (nSPS) is 21.7. The monoisotopic (exact) mass is 406 g/mol. The van der Waals surface area contributed by atoms with Crippen molar-refractivity contribution in [3.05, 3.63) is 58.9 Å². The topological polar surface area (TPSA) is 70.6 Å². The third-order valence-electron chi connectivity index (χ3n) is 5.46. The van der Waals surface area contributed by atoms with Crippen LogP contribution in [0.15, 0.2) is 36.4 Å². The maximum absolute atomic E-state index is 13.6. The number of anilines is 1. The summed E-state index contributed by atoms with van der Waals surface area (Å²) in [6, 6.07) is 7.81. The molecule has 0 bridgehead atoms. The van der Waals surface area contributed by atoms with Crippen LogP contribution in [0.25, 0.3) is 0 Å². The van der Waals surface area contributed by atoms with Crippen molar-refractivity contribution in [3.63, 3.8) is 0 Å². The molecule has 0 saturated heterocycles. The van der Waals surface area contributed by atoms with E-state index < -0.39 is 42.9 Å². The Morgan fingerprint density at radius 3 is 2.76 bits per heavy atom. The predicted octanol–water partition coefficient (Wildman–Crippen LogP) is 3.61. The minimum absolute atomic E-state index is 0.0144. The van der Waals surface area contributed by atoms with Crippen LogP contribution in [0.1, 0.15) is 29.2 Å². The second-order valence-corrected chi connectivity index (χ2v) is 7.59. The first-order valence-corrected chi connectivity index (χ1v) is 9.40. The van der Waals surface area contributed by atoms with E-state index >= 15 is 0 Å². The number of carbonyl (C=O) groups is 1. The van der Waals surface area contributed by atoms with Gasteiger partial charge in [0.2, 0.25) is 0 Å². The SMILES string of the molecule is O=C(Nc1cccc2c1C[C@H](O)C2)N[C@@H]1CC(CF)(CF)Oc2cc(F)ccc21. The van der Waals surface area contributed by atoms with Crippen LogP contribution < -0.4 is 15.4 Å². The van der Waals surface area contributed by atoms with Gasteiger partial charge in [0.15, 0.2) is 5.60 Å². The minimum Gasteiger partial charge on any atom is -0.481 e. The molecule has 0 unspecified atom stereocenters. The molecule has 0 saturated carbocycles. The van der Waals surface area contributed by atoms with E-state index in [4.69, 9.17) is 4.74 Å². The molecule has 2 atom stereocenters. The predicted molar refractivity (Wildman–Crippen MR) is 101 cm³/mol. The summed E-state index contributed by atoms with van der Waals surface area (Å²) in [5.74, 6) is -0.584. The standard InChI is InChI=1S/C21H21F3N2O3/c22-10-21(11-23)9-18(15-5-4-13(24)7-19(15)29-21)26-20(28)25-17-3-1-2-12-6-14(27)8-16(12)17/h1-5,7,14,18,27H,6,8-11H2,(H2,25,26,28)/t14-,18-/m1/s1. The van der Waals surface area contributed by atoms with Crippen LogP contribution in [0, 0.1) is 5.82 Å². The zero-order valence-electron chi connectivity index (χ0n) is 15.6. The molecule has 29 heavy (non-hydrogen) atoms. The molecule has 8 heteroatoms. The summed E-state index contributed by atoms with van der Waals surface area (Å²) >= 11 is 0. The third-order valence-corrected chi connectivity index (χ3v) is 5.46. The Balaban J connectivity index is 1.56. The van der Waals surface area contributed by atoms with E-state index in [9.17, 15) is 23.1 Å². The van der Waals surface area contributed by atoms with E-state index in [2.05, 4.69) is 10.6 Å². The minimum atomic E-state index is -1.77. The van der Waals surface area contributed by atoms with Crippen LogP contribution >= 0.6 is 0 Å². The maximum atomic E-state index is 13.6. The number of amides is 2. The lowest BCUT2D eigenvalue weighted by Crippen LogP contribution is -2.49. The van der Waals surface area contributed by atoms with Crippen molar-refractivity contribution in [3.8, 4) is 5.75 Å². The van der Waals surface area contributed by atoms with Crippen LogP contribution in [0.5, 0.6) is 5.75 Å². The molecule has 154 valence electrons. The first kappa shape index (κ1) is 19.6. The highest BCUT2D eigenvalue weighted by molar-refractivity contribution is 5.90. The number of urea groups is 1. The molecule has 1 aliphatic carbocycles. The summed E-state index contributed by atoms with van der Waals surface area (Å²) in [5.41, 5.74) is 1.09. The Morgan fingerprint density at radius 2 is 2.00 bits per heavy atom. The molecule has 0 spiro atoms. The van der Waals surface area contributed by atoms with Crippen molar-refractivity contribution in [2.45, 2.75) is 37.0 Å². The molecule has 4 rings (SSSR count). The number of alkyl halides is 2. The van der Waals surface area contributed by atoms with Gasteiger partial charge < -0.3 is 20.5 Å². The van der Waals surface area contributed by atoms with Crippen LogP contribution in [0.2, 0.25) is 0 Å². The van der Waals surface area contributed by atoms with Crippen molar-refractivity contribution in [1.29, 1.82) is 0 Å². The highest BCUT2D eigenvalue weighted by Crippen LogP contribution is 2.41. The lowest BCUT2D eigenvalue weighted by molar-refractivity contribution is -0.0107. The van der Waals surface area contributed by atoms with Gasteiger partial charge in [-0.3, -0.25) is 0 Å². The number of ether oxygens (including phenoxy) is 1. The Labute approximate surface area is 165 Å². The van der Waals surface area contributed by atoms with Crippen LogP contribution in [0.3, 0.4) is 0 Å². The van der Waals surface area contributed by atoms with Gasteiger partial charge in [-0.1, -0.05) is 18.2 Å². The average molecular weight is 406 g/mol. The van der Waals surface area contributed by atoms with Gasteiger partial charge in [-0.25, -0.2) is 18.0 Å². The zero-order valence-corrected chi connectivity index (χ0v) is 15.6. The number of hydrogen-bond donors (Lipinski definition) is 3. The smallest absolute Gasteiger partial charge is 0.319 e. The Kier molecular flexibility index (Phi) is 5.12. The molecule has 2 aromatic carbocycles. The molecule has 0 fully saturated rings. The van der Waals surface area contributed by atoms with Crippen molar-refractivity contribution < 1.29 is 27.8 Å². The van der Waals surface area contributed by atoms with Gasteiger partial charge in [-0.2, -0.15) is 0 Å². The van der Waals surface area contributed by atoms with E-state index in [1.54, 1.807) is 12.1 Å². The Hall–Kier alpha value is -2.74. The number of halogens is 3. The molecule has 0 aromatic heterocycles. The second-order valence-electron chi connectivity index (χ2n) is 7.59. The number of nitrogens with one attached hydrogen (secondary N) is 2. The van der Waals surface area contributed by atoms with Gasteiger partial charge in [0.1, 0.15) is 24.9 Å². The van der Waals surface area contributed by atoms with Crippen LogP contribution in [-0.4, -0.2) is 36.2 Å². The van der Waals surface area contributed by atoms with E-state index in [0.29, 0.717) is 24.1 Å². The molecule has 2 aromatic rings. The summed E-state index contributed by atoms with van der Waals surface area (Å²) in [7, 11) is 0. The average Bonchev–Trinajstić information content (AvgIpc) is 3.08. The molecule has 2 aliphatic rings. The largest absolute Gasteiger partial charge is 0.481 e. The molecular formula is C21H21F3N2O3. The number of benzene rings is 2. The molecule has 1 aliphatic heterocycles. The van der Waals surface area contributed by atoms with E-state index in [0.717, 1.165) is 17.2 Å². The summed E-state index contributed by atoms with van der Waals surface area (Å²) < 4.78 is 46.1. The fourth-order valence-electron chi connectivity index (χ4n) is 4.03. The van der Waals surface area contributed by atoms with E-state index in [1.165, 1.54) is 12.1 Å². The second kappa shape index (κ2) is 7.59. The summed E-state index contributed by atoms with van der Waals surface area (Å²) in [5, 5.41) is 15.3. The zero-order chi connectivity index (χ0) is 20.6. The van der Waals surface area contributed by atoms with Crippen molar-refractivity contribution in [1.82, 2.24) is 5.32 Å². The van der Waals surface area contributed by atoms with Gasteiger partial charge >= 0.3 is 6.03 Å². The summed E-state index contributed by atoms with van der Waals surface area (Å²) in [6.07, 6.45) is 0.360. The van der Waals surface area contributed by atoms with E-state index in [-0.39, 0.29) is 12.2 Å². The van der Waals surface area contributed by atoms with Crippen LogP contribution in [0.4, 0.5) is 23.7 Å².